The van der Waals surface area contributed by atoms with E-state index >= 15 is 0 Å². The summed E-state index contributed by atoms with van der Waals surface area (Å²) in [5, 5.41) is 13.0. The number of carbonyl (C=O) groups excluding carboxylic acids is 1. The molecule has 1 unspecified atom stereocenters. The molecule has 0 saturated carbocycles. The van der Waals surface area contributed by atoms with Crippen LogP contribution in [0.1, 0.15) is 32.2 Å². The first kappa shape index (κ1) is 14.7. The SMILES string of the molecule is CC(C)(C)OC(=O)N1CCC(O)(c2nc(Br)cs2)C1. The van der Waals surface area contributed by atoms with Crippen molar-refractivity contribution < 1.29 is 14.6 Å². The summed E-state index contributed by atoms with van der Waals surface area (Å²) in [5.41, 5.74) is -1.59. The topological polar surface area (TPSA) is 62.7 Å². The molecule has 0 bridgehead atoms. The number of nitrogens with zero attached hydrogens (tertiary/aromatic N) is 2. The Morgan fingerprint density at radius 2 is 2.32 bits per heavy atom. The minimum atomic E-state index is -1.06. The average Bonchev–Trinajstić information content (AvgIpc) is 2.83. The first-order valence-electron chi connectivity index (χ1n) is 6.01. The molecule has 0 aliphatic carbocycles. The smallest absolute Gasteiger partial charge is 0.410 e. The molecule has 1 atom stereocenters. The van der Waals surface area contributed by atoms with Crippen molar-refractivity contribution in [1.29, 1.82) is 0 Å². The summed E-state index contributed by atoms with van der Waals surface area (Å²) in [4.78, 5) is 17.7. The van der Waals surface area contributed by atoms with E-state index in [4.69, 9.17) is 4.74 Å². The number of amides is 1. The minimum absolute atomic E-state index is 0.224. The number of β-amino-alcohol motifs (C(OH)–C–C–N with tert-alkyl or cyclic N) is 1. The fourth-order valence-electron chi connectivity index (χ4n) is 1.92. The zero-order valence-corrected chi connectivity index (χ0v) is 13.5. The molecule has 19 heavy (non-hydrogen) atoms. The standard InChI is InChI=1S/C12H17BrN2O3S/c1-11(2,3)18-10(16)15-5-4-12(17,7-15)9-14-8(13)6-19-9/h6,17H,4-5,7H2,1-3H3. The molecule has 106 valence electrons. The van der Waals surface area contributed by atoms with Gasteiger partial charge in [-0.2, -0.15) is 0 Å². The second kappa shape index (κ2) is 5.03. The summed E-state index contributed by atoms with van der Waals surface area (Å²) in [6.07, 6.45) is 0.0886. The summed E-state index contributed by atoms with van der Waals surface area (Å²) in [5.74, 6) is 0. The molecule has 0 radical (unpaired) electrons. The number of carbonyl (C=O) groups is 1. The van der Waals surface area contributed by atoms with Gasteiger partial charge < -0.3 is 14.7 Å². The molecular formula is C12H17BrN2O3S. The Balaban J connectivity index is 2.05. The Hall–Kier alpha value is -0.660. The predicted molar refractivity (Wildman–Crippen MR) is 76.1 cm³/mol. The third kappa shape index (κ3) is 3.46. The number of ether oxygens (including phenoxy) is 1. The van der Waals surface area contributed by atoms with Crippen LogP contribution >= 0.6 is 27.3 Å². The Bertz CT molecular complexity index is 486. The molecule has 0 aromatic carbocycles. The molecule has 1 N–H and O–H groups in total. The molecule has 2 rings (SSSR count). The van der Waals surface area contributed by atoms with Gasteiger partial charge in [-0.25, -0.2) is 9.78 Å². The van der Waals surface area contributed by atoms with Gasteiger partial charge in [-0.3, -0.25) is 0 Å². The molecule has 5 nitrogen and oxygen atoms in total. The van der Waals surface area contributed by atoms with Crippen molar-refractivity contribution in [2.45, 2.75) is 38.4 Å². The molecule has 1 saturated heterocycles. The lowest BCUT2D eigenvalue weighted by molar-refractivity contribution is 0.0139. The quantitative estimate of drug-likeness (QED) is 0.847. The lowest BCUT2D eigenvalue weighted by atomic mass is 10.1. The van der Waals surface area contributed by atoms with E-state index in [0.717, 1.165) is 0 Å². The lowest BCUT2D eigenvalue weighted by Crippen LogP contribution is -2.38. The molecule has 1 amide bonds. The van der Waals surface area contributed by atoms with Crippen LogP contribution in [0, 0.1) is 0 Å². The monoisotopic (exact) mass is 348 g/mol. The number of aromatic nitrogens is 1. The summed E-state index contributed by atoms with van der Waals surface area (Å²) < 4.78 is 6.01. The third-order valence-corrected chi connectivity index (χ3v) is 4.52. The van der Waals surface area contributed by atoms with Crippen LogP contribution in [0.5, 0.6) is 0 Å². The fourth-order valence-corrected chi connectivity index (χ4v) is 3.29. The van der Waals surface area contributed by atoms with Gasteiger partial charge in [-0.15, -0.1) is 11.3 Å². The molecule has 1 aliphatic heterocycles. The number of rotatable bonds is 1. The number of thiazole rings is 1. The van der Waals surface area contributed by atoms with Gasteiger partial charge in [0.05, 0.1) is 6.54 Å². The van der Waals surface area contributed by atoms with Gasteiger partial charge in [-0.05, 0) is 36.7 Å². The third-order valence-electron chi connectivity index (χ3n) is 2.77. The Kier molecular flexibility index (Phi) is 3.90. The van der Waals surface area contributed by atoms with Crippen molar-refractivity contribution in [3.8, 4) is 0 Å². The molecule has 1 fully saturated rings. The maximum atomic E-state index is 12.0. The molecule has 0 spiro atoms. The second-order valence-electron chi connectivity index (χ2n) is 5.66. The van der Waals surface area contributed by atoms with E-state index in [0.29, 0.717) is 22.6 Å². The summed E-state index contributed by atoms with van der Waals surface area (Å²) in [7, 11) is 0. The van der Waals surface area contributed by atoms with Gasteiger partial charge in [0.2, 0.25) is 0 Å². The van der Waals surface area contributed by atoms with Gasteiger partial charge in [0.1, 0.15) is 20.8 Å². The van der Waals surface area contributed by atoms with Crippen LogP contribution in [0.25, 0.3) is 0 Å². The van der Waals surface area contributed by atoms with Crippen LogP contribution in [-0.2, 0) is 10.3 Å². The Morgan fingerprint density at radius 3 is 2.84 bits per heavy atom. The molecule has 1 aromatic heterocycles. The van der Waals surface area contributed by atoms with E-state index in [1.54, 1.807) is 0 Å². The van der Waals surface area contributed by atoms with Crippen LogP contribution in [0.3, 0.4) is 0 Å². The number of likely N-dealkylation sites (tertiary alicyclic amines) is 1. The van der Waals surface area contributed by atoms with Crippen molar-refractivity contribution in [2.24, 2.45) is 0 Å². The highest BCUT2D eigenvalue weighted by molar-refractivity contribution is 9.10. The molecular weight excluding hydrogens is 332 g/mol. The average molecular weight is 349 g/mol. The van der Waals surface area contributed by atoms with Crippen LogP contribution in [0.15, 0.2) is 9.98 Å². The highest BCUT2D eigenvalue weighted by atomic mass is 79.9. The Labute approximate surface area is 124 Å². The van der Waals surface area contributed by atoms with Crippen molar-refractivity contribution in [1.82, 2.24) is 9.88 Å². The van der Waals surface area contributed by atoms with E-state index in [1.165, 1.54) is 16.2 Å². The van der Waals surface area contributed by atoms with Gasteiger partial charge >= 0.3 is 6.09 Å². The molecule has 1 aliphatic rings. The first-order valence-corrected chi connectivity index (χ1v) is 7.69. The first-order chi connectivity index (χ1) is 8.70. The van der Waals surface area contributed by atoms with Crippen molar-refractivity contribution in [3.63, 3.8) is 0 Å². The van der Waals surface area contributed by atoms with Crippen LogP contribution < -0.4 is 0 Å². The van der Waals surface area contributed by atoms with Crippen molar-refractivity contribution in [2.75, 3.05) is 13.1 Å². The summed E-state index contributed by atoms with van der Waals surface area (Å²) in [6.45, 7) is 6.17. The van der Waals surface area contributed by atoms with Crippen molar-refractivity contribution in [3.05, 3.63) is 15.0 Å². The second-order valence-corrected chi connectivity index (χ2v) is 7.33. The maximum absolute atomic E-state index is 12.0. The predicted octanol–water partition coefficient (Wildman–Crippen LogP) is 2.73. The van der Waals surface area contributed by atoms with E-state index in [1.807, 2.05) is 26.2 Å². The van der Waals surface area contributed by atoms with Gasteiger partial charge in [0, 0.05) is 18.3 Å². The van der Waals surface area contributed by atoms with Gasteiger partial charge in [0.15, 0.2) is 0 Å². The van der Waals surface area contributed by atoms with E-state index in [9.17, 15) is 9.90 Å². The van der Waals surface area contributed by atoms with Crippen LogP contribution in [0.4, 0.5) is 4.79 Å². The maximum Gasteiger partial charge on any atom is 0.410 e. The van der Waals surface area contributed by atoms with Gasteiger partial charge in [-0.1, -0.05) is 0 Å². The van der Waals surface area contributed by atoms with E-state index in [2.05, 4.69) is 20.9 Å². The molecule has 2 heterocycles. The highest BCUT2D eigenvalue weighted by Gasteiger charge is 2.43. The Morgan fingerprint density at radius 1 is 1.63 bits per heavy atom. The highest BCUT2D eigenvalue weighted by Crippen LogP contribution is 2.35. The van der Waals surface area contributed by atoms with Crippen LogP contribution in [0.2, 0.25) is 0 Å². The van der Waals surface area contributed by atoms with Crippen molar-refractivity contribution >= 4 is 33.4 Å². The van der Waals surface area contributed by atoms with Gasteiger partial charge in [0.25, 0.3) is 0 Å². The number of halogens is 1. The number of aliphatic hydroxyl groups is 1. The lowest BCUT2D eigenvalue weighted by Gasteiger charge is -2.25. The zero-order chi connectivity index (χ0) is 14.3. The zero-order valence-electron chi connectivity index (χ0n) is 11.1. The fraction of sp³-hybridized carbons (Fsp3) is 0.667. The van der Waals surface area contributed by atoms with Crippen LogP contribution in [-0.4, -0.2) is 39.8 Å². The molecule has 1 aromatic rings. The summed E-state index contributed by atoms with van der Waals surface area (Å²) >= 11 is 4.66. The minimum Gasteiger partial charge on any atom is -0.444 e. The normalized spacial score (nSPS) is 23.7. The van der Waals surface area contributed by atoms with E-state index < -0.39 is 11.2 Å². The number of hydrogen-bond acceptors (Lipinski definition) is 5. The number of hydrogen-bond donors (Lipinski definition) is 1. The largest absolute Gasteiger partial charge is 0.444 e. The summed E-state index contributed by atoms with van der Waals surface area (Å²) in [6, 6.07) is 0. The van der Waals surface area contributed by atoms with E-state index in [-0.39, 0.29) is 12.6 Å². The molecule has 7 heteroatoms.